The Morgan fingerprint density at radius 3 is 2.24 bits per heavy atom. The molecule has 120 valence electrons. The summed E-state index contributed by atoms with van der Waals surface area (Å²) in [6.07, 6.45) is 3.34. The van der Waals surface area contributed by atoms with Crippen molar-refractivity contribution in [2.24, 2.45) is 0 Å². The fourth-order valence-corrected chi connectivity index (χ4v) is 3.02. The van der Waals surface area contributed by atoms with Crippen LogP contribution in [-0.4, -0.2) is 73.0 Å². The zero-order valence-electron chi connectivity index (χ0n) is 13.2. The third-order valence-corrected chi connectivity index (χ3v) is 4.48. The first-order valence-corrected chi connectivity index (χ1v) is 8.13. The number of hydrogen-bond acceptors (Lipinski definition) is 4. The third-order valence-electron chi connectivity index (χ3n) is 4.48. The molecule has 2 amide bonds. The Hall–Kier alpha value is -1.14. The molecule has 0 radical (unpaired) electrons. The fraction of sp³-hybridized carbons (Fsp3) is 0.867. The molecule has 2 N–H and O–H groups in total. The molecule has 0 saturated carbocycles. The van der Waals surface area contributed by atoms with Gasteiger partial charge in [0.2, 0.25) is 11.8 Å². The Labute approximate surface area is 127 Å². The number of rotatable bonds is 4. The van der Waals surface area contributed by atoms with Gasteiger partial charge in [-0.15, -0.1) is 0 Å². The quantitative estimate of drug-likeness (QED) is 0.754. The van der Waals surface area contributed by atoms with Crippen LogP contribution in [0.15, 0.2) is 0 Å². The van der Waals surface area contributed by atoms with E-state index in [1.54, 1.807) is 6.92 Å². The van der Waals surface area contributed by atoms with Crippen LogP contribution in [0.3, 0.4) is 0 Å². The maximum absolute atomic E-state index is 12.3. The Morgan fingerprint density at radius 1 is 1.00 bits per heavy atom. The largest absolute Gasteiger partial charge is 0.343 e. The Morgan fingerprint density at radius 2 is 1.62 bits per heavy atom. The summed E-state index contributed by atoms with van der Waals surface area (Å²) in [7, 11) is 0. The molecule has 2 saturated heterocycles. The van der Waals surface area contributed by atoms with Gasteiger partial charge in [0, 0.05) is 39.3 Å². The van der Waals surface area contributed by atoms with Crippen molar-refractivity contribution in [2.75, 3.05) is 39.3 Å². The summed E-state index contributed by atoms with van der Waals surface area (Å²) < 4.78 is 0. The highest BCUT2D eigenvalue weighted by Crippen LogP contribution is 2.10. The second kappa shape index (κ2) is 7.75. The molecule has 21 heavy (non-hydrogen) atoms. The number of likely N-dealkylation sites (tertiary alicyclic amines) is 1. The molecule has 2 aliphatic heterocycles. The lowest BCUT2D eigenvalue weighted by atomic mass is 10.1. The number of piperazine rings is 1. The summed E-state index contributed by atoms with van der Waals surface area (Å²) in [6, 6.07) is -0.607. The molecule has 2 unspecified atom stereocenters. The average Bonchev–Trinajstić information content (AvgIpc) is 2.55. The lowest BCUT2D eigenvalue weighted by Crippen LogP contribution is -2.56. The van der Waals surface area contributed by atoms with Crippen LogP contribution >= 0.6 is 0 Å². The van der Waals surface area contributed by atoms with Crippen LogP contribution in [0.1, 0.15) is 33.1 Å². The van der Waals surface area contributed by atoms with Gasteiger partial charge in [0.1, 0.15) is 6.04 Å². The summed E-state index contributed by atoms with van der Waals surface area (Å²) in [5.41, 5.74) is 0. The van der Waals surface area contributed by atoms with Crippen molar-refractivity contribution in [3.05, 3.63) is 0 Å². The molecular formula is C15H28N4O2. The molecule has 2 heterocycles. The highest BCUT2D eigenvalue weighted by atomic mass is 16.2. The predicted molar refractivity (Wildman–Crippen MR) is 81.9 cm³/mol. The second-order valence-corrected chi connectivity index (χ2v) is 6.08. The molecule has 2 aliphatic rings. The lowest BCUT2D eigenvalue weighted by Gasteiger charge is -2.33. The summed E-state index contributed by atoms with van der Waals surface area (Å²) in [6.45, 7) is 8.95. The molecular weight excluding hydrogens is 268 g/mol. The lowest BCUT2D eigenvalue weighted by molar-refractivity contribution is -0.138. The molecule has 0 bridgehead atoms. The summed E-state index contributed by atoms with van der Waals surface area (Å²) in [5, 5.41) is 6.16. The first-order chi connectivity index (χ1) is 10.1. The van der Waals surface area contributed by atoms with Crippen LogP contribution in [-0.2, 0) is 9.59 Å². The number of amides is 2. The van der Waals surface area contributed by atoms with Crippen molar-refractivity contribution >= 4 is 11.8 Å². The minimum Gasteiger partial charge on any atom is -0.343 e. The molecule has 0 aromatic rings. The van der Waals surface area contributed by atoms with Gasteiger partial charge in [-0.3, -0.25) is 14.5 Å². The molecule has 0 spiro atoms. The molecule has 6 nitrogen and oxygen atoms in total. The Bertz CT molecular complexity index is 363. The minimum absolute atomic E-state index is 0.0465. The SMILES string of the molecule is CC(NC(=O)C(C)N1CCNCC1)C(=O)N1CCCCC1. The minimum atomic E-state index is -0.430. The second-order valence-electron chi connectivity index (χ2n) is 6.08. The van der Waals surface area contributed by atoms with Gasteiger partial charge in [0.25, 0.3) is 0 Å². The monoisotopic (exact) mass is 296 g/mol. The van der Waals surface area contributed by atoms with Crippen molar-refractivity contribution in [2.45, 2.75) is 45.2 Å². The summed E-state index contributed by atoms with van der Waals surface area (Å²) >= 11 is 0. The first kappa shape index (κ1) is 16.2. The normalized spacial score (nSPS) is 23.4. The van der Waals surface area contributed by atoms with Crippen LogP contribution in [0.5, 0.6) is 0 Å². The van der Waals surface area contributed by atoms with Gasteiger partial charge >= 0.3 is 0 Å². The predicted octanol–water partition coefficient (Wildman–Crippen LogP) is -0.203. The van der Waals surface area contributed by atoms with Gasteiger partial charge < -0.3 is 15.5 Å². The summed E-state index contributed by atoms with van der Waals surface area (Å²) in [5.74, 6) is 0.00493. The maximum Gasteiger partial charge on any atom is 0.244 e. The highest BCUT2D eigenvalue weighted by molar-refractivity contribution is 5.89. The van der Waals surface area contributed by atoms with E-state index in [4.69, 9.17) is 0 Å². The molecule has 0 aromatic carbocycles. The fourth-order valence-electron chi connectivity index (χ4n) is 3.02. The van der Waals surface area contributed by atoms with Gasteiger partial charge in [0.15, 0.2) is 0 Å². The zero-order valence-corrected chi connectivity index (χ0v) is 13.2. The number of piperidine rings is 1. The van der Waals surface area contributed by atoms with Crippen LogP contribution < -0.4 is 10.6 Å². The number of hydrogen-bond donors (Lipinski definition) is 2. The molecule has 0 aromatic heterocycles. The van der Waals surface area contributed by atoms with Crippen LogP contribution in [0, 0.1) is 0 Å². The van der Waals surface area contributed by atoms with Crippen molar-refractivity contribution < 1.29 is 9.59 Å². The number of nitrogens with one attached hydrogen (secondary N) is 2. The van der Waals surface area contributed by atoms with Crippen LogP contribution in [0.25, 0.3) is 0 Å². The van der Waals surface area contributed by atoms with Gasteiger partial charge in [-0.2, -0.15) is 0 Å². The molecule has 2 atom stereocenters. The highest BCUT2D eigenvalue weighted by Gasteiger charge is 2.27. The Kier molecular flexibility index (Phi) is 5.99. The van der Waals surface area contributed by atoms with Crippen LogP contribution in [0.2, 0.25) is 0 Å². The average molecular weight is 296 g/mol. The molecule has 2 fully saturated rings. The summed E-state index contributed by atoms with van der Waals surface area (Å²) in [4.78, 5) is 28.7. The van der Waals surface area contributed by atoms with E-state index < -0.39 is 6.04 Å². The number of carbonyl (C=O) groups is 2. The standard InChI is InChI=1S/C15H28N4O2/c1-12(15(21)19-8-4-3-5-9-19)17-14(20)13(2)18-10-6-16-7-11-18/h12-13,16H,3-11H2,1-2H3,(H,17,20). The van der Waals surface area contributed by atoms with E-state index in [1.165, 1.54) is 6.42 Å². The topological polar surface area (TPSA) is 64.7 Å². The number of carbonyl (C=O) groups excluding carboxylic acids is 2. The van der Waals surface area contributed by atoms with Crippen molar-refractivity contribution in [3.8, 4) is 0 Å². The van der Waals surface area contributed by atoms with Gasteiger partial charge in [-0.25, -0.2) is 0 Å². The third kappa shape index (κ3) is 4.41. The maximum atomic E-state index is 12.3. The van der Waals surface area contributed by atoms with Gasteiger partial charge in [-0.05, 0) is 33.1 Å². The van der Waals surface area contributed by atoms with E-state index in [2.05, 4.69) is 15.5 Å². The van der Waals surface area contributed by atoms with Crippen molar-refractivity contribution in [1.29, 1.82) is 0 Å². The molecule has 6 heteroatoms. The van der Waals surface area contributed by atoms with Crippen molar-refractivity contribution in [1.82, 2.24) is 20.4 Å². The van der Waals surface area contributed by atoms with E-state index in [1.807, 2.05) is 11.8 Å². The van der Waals surface area contributed by atoms with E-state index in [9.17, 15) is 9.59 Å². The van der Waals surface area contributed by atoms with E-state index in [-0.39, 0.29) is 17.9 Å². The van der Waals surface area contributed by atoms with E-state index in [0.717, 1.165) is 52.1 Å². The zero-order chi connectivity index (χ0) is 15.2. The molecule has 2 rings (SSSR count). The Balaban J connectivity index is 1.81. The molecule has 0 aliphatic carbocycles. The van der Waals surface area contributed by atoms with Crippen LogP contribution in [0.4, 0.5) is 0 Å². The smallest absolute Gasteiger partial charge is 0.244 e. The number of nitrogens with zero attached hydrogens (tertiary/aromatic N) is 2. The van der Waals surface area contributed by atoms with E-state index >= 15 is 0 Å². The van der Waals surface area contributed by atoms with Gasteiger partial charge in [0.05, 0.1) is 6.04 Å². The first-order valence-electron chi connectivity index (χ1n) is 8.13. The van der Waals surface area contributed by atoms with E-state index in [0.29, 0.717) is 0 Å². The van der Waals surface area contributed by atoms with Gasteiger partial charge in [-0.1, -0.05) is 0 Å². The van der Waals surface area contributed by atoms with Crippen molar-refractivity contribution in [3.63, 3.8) is 0 Å².